The summed E-state index contributed by atoms with van der Waals surface area (Å²) in [5.41, 5.74) is 1.07. The number of carbonyl (C=O) groups excluding carboxylic acids is 1. The molecule has 1 amide bonds. The lowest BCUT2D eigenvalue weighted by molar-refractivity contribution is -0.128. The fourth-order valence-electron chi connectivity index (χ4n) is 5.21. The van der Waals surface area contributed by atoms with Crippen molar-refractivity contribution in [3.63, 3.8) is 0 Å². The first kappa shape index (κ1) is 20.6. The number of carbonyl (C=O) groups is 1. The second-order valence-corrected chi connectivity index (χ2v) is 9.04. The maximum Gasteiger partial charge on any atom is 0.246 e. The first-order valence-corrected chi connectivity index (χ1v) is 11.7. The molecule has 1 atom stereocenters. The van der Waals surface area contributed by atoms with E-state index in [4.69, 9.17) is 4.74 Å². The molecule has 4 nitrogen and oxygen atoms in total. The average molecular weight is 397 g/mol. The van der Waals surface area contributed by atoms with E-state index >= 15 is 0 Å². The second kappa shape index (κ2) is 10.4. The molecular formula is C25H36N2O2. The maximum absolute atomic E-state index is 13.0. The molecule has 4 heteroatoms. The lowest BCUT2D eigenvalue weighted by Crippen LogP contribution is -2.45. The third-order valence-electron chi connectivity index (χ3n) is 6.95. The van der Waals surface area contributed by atoms with Crippen LogP contribution in [-0.2, 0) is 9.53 Å². The van der Waals surface area contributed by atoms with E-state index in [1.807, 2.05) is 36.4 Å². The fourth-order valence-corrected chi connectivity index (χ4v) is 5.21. The number of likely N-dealkylation sites (tertiary alicyclic amines) is 1. The van der Waals surface area contributed by atoms with Crippen molar-refractivity contribution in [2.75, 3.05) is 32.8 Å². The number of hydrogen-bond donors (Lipinski definition) is 0. The smallest absolute Gasteiger partial charge is 0.246 e. The van der Waals surface area contributed by atoms with Crippen molar-refractivity contribution < 1.29 is 9.53 Å². The van der Waals surface area contributed by atoms with E-state index in [2.05, 4.69) is 9.80 Å². The van der Waals surface area contributed by atoms with E-state index in [0.717, 1.165) is 44.1 Å². The van der Waals surface area contributed by atoms with Gasteiger partial charge in [0.2, 0.25) is 5.91 Å². The number of benzene rings is 1. The molecule has 3 aliphatic rings. The quantitative estimate of drug-likeness (QED) is 0.642. The normalized spacial score (nSPS) is 24.5. The molecule has 0 aromatic heterocycles. The topological polar surface area (TPSA) is 32.8 Å². The van der Waals surface area contributed by atoms with Gasteiger partial charge in [0, 0.05) is 31.8 Å². The Morgan fingerprint density at radius 1 is 1.00 bits per heavy atom. The molecule has 0 radical (unpaired) electrons. The van der Waals surface area contributed by atoms with E-state index in [-0.39, 0.29) is 12.0 Å². The summed E-state index contributed by atoms with van der Waals surface area (Å²) in [4.78, 5) is 17.8. The number of hydrogen-bond acceptors (Lipinski definition) is 3. The summed E-state index contributed by atoms with van der Waals surface area (Å²) in [5, 5.41) is 0. The van der Waals surface area contributed by atoms with E-state index < -0.39 is 0 Å². The zero-order valence-electron chi connectivity index (χ0n) is 17.7. The Bertz CT molecular complexity index is 655. The van der Waals surface area contributed by atoms with E-state index in [1.54, 1.807) is 6.08 Å². The number of piperidine rings is 1. The number of nitrogens with zero attached hydrogens (tertiary/aromatic N) is 2. The maximum atomic E-state index is 13.0. The summed E-state index contributed by atoms with van der Waals surface area (Å²) in [6, 6.07) is 10.9. The van der Waals surface area contributed by atoms with Crippen LogP contribution in [0.25, 0.3) is 6.08 Å². The molecule has 1 unspecified atom stereocenters. The SMILES string of the molecule is O=C(C=Cc1ccccc1)N(CC1CCN(C2CCCC2)CC1)CC1CCCO1. The Hall–Kier alpha value is -1.65. The zero-order valence-corrected chi connectivity index (χ0v) is 17.7. The van der Waals surface area contributed by atoms with Crippen molar-refractivity contribution in [2.24, 2.45) is 5.92 Å². The molecule has 158 valence electrons. The molecular weight excluding hydrogens is 360 g/mol. The van der Waals surface area contributed by atoms with Crippen molar-refractivity contribution >= 4 is 12.0 Å². The average Bonchev–Trinajstić information content (AvgIpc) is 3.47. The number of rotatable bonds is 7. The van der Waals surface area contributed by atoms with Crippen LogP contribution in [-0.4, -0.2) is 60.6 Å². The molecule has 4 rings (SSSR count). The molecule has 2 saturated heterocycles. The highest BCUT2D eigenvalue weighted by atomic mass is 16.5. The van der Waals surface area contributed by atoms with Crippen LogP contribution in [0.2, 0.25) is 0 Å². The molecule has 1 saturated carbocycles. The molecule has 0 bridgehead atoms. The largest absolute Gasteiger partial charge is 0.376 e. The van der Waals surface area contributed by atoms with Gasteiger partial charge in [-0.15, -0.1) is 0 Å². The second-order valence-electron chi connectivity index (χ2n) is 9.04. The van der Waals surface area contributed by atoms with Gasteiger partial charge in [0.15, 0.2) is 0 Å². The number of amides is 1. The van der Waals surface area contributed by atoms with Crippen LogP contribution in [0.15, 0.2) is 36.4 Å². The standard InChI is InChI=1S/C25H36N2O2/c28-25(13-12-21-7-2-1-3-8-21)27(20-24-11-6-18-29-24)19-22-14-16-26(17-15-22)23-9-4-5-10-23/h1-3,7-8,12-13,22-24H,4-6,9-11,14-20H2. The Morgan fingerprint density at radius 2 is 1.76 bits per heavy atom. The van der Waals surface area contributed by atoms with Gasteiger partial charge in [0.05, 0.1) is 6.10 Å². The molecule has 29 heavy (non-hydrogen) atoms. The molecule has 2 heterocycles. The van der Waals surface area contributed by atoms with E-state index in [9.17, 15) is 4.79 Å². The van der Waals surface area contributed by atoms with Gasteiger partial charge in [0.1, 0.15) is 0 Å². The highest BCUT2D eigenvalue weighted by molar-refractivity contribution is 5.91. The van der Waals surface area contributed by atoms with Gasteiger partial charge >= 0.3 is 0 Å². The minimum Gasteiger partial charge on any atom is -0.376 e. The van der Waals surface area contributed by atoms with Gasteiger partial charge in [0.25, 0.3) is 0 Å². The lowest BCUT2D eigenvalue weighted by atomic mass is 9.94. The number of ether oxygens (including phenoxy) is 1. The Morgan fingerprint density at radius 3 is 2.45 bits per heavy atom. The van der Waals surface area contributed by atoms with Gasteiger partial charge < -0.3 is 14.5 Å². The molecule has 1 aliphatic carbocycles. The summed E-state index contributed by atoms with van der Waals surface area (Å²) >= 11 is 0. The van der Waals surface area contributed by atoms with Crippen molar-refractivity contribution in [3.05, 3.63) is 42.0 Å². The Balaban J connectivity index is 1.33. The monoisotopic (exact) mass is 396 g/mol. The van der Waals surface area contributed by atoms with Crippen LogP contribution in [0.4, 0.5) is 0 Å². The predicted octanol–water partition coefficient (Wildman–Crippen LogP) is 4.36. The van der Waals surface area contributed by atoms with Gasteiger partial charge in [-0.05, 0) is 69.2 Å². The van der Waals surface area contributed by atoms with Gasteiger partial charge in [-0.2, -0.15) is 0 Å². The molecule has 0 spiro atoms. The van der Waals surface area contributed by atoms with Gasteiger partial charge in [-0.3, -0.25) is 4.79 Å². The first-order valence-electron chi connectivity index (χ1n) is 11.7. The van der Waals surface area contributed by atoms with Crippen molar-refractivity contribution in [3.8, 4) is 0 Å². The predicted molar refractivity (Wildman–Crippen MR) is 118 cm³/mol. The third-order valence-corrected chi connectivity index (χ3v) is 6.95. The zero-order chi connectivity index (χ0) is 19.9. The van der Waals surface area contributed by atoms with Crippen LogP contribution < -0.4 is 0 Å². The van der Waals surface area contributed by atoms with E-state index in [1.165, 1.54) is 51.6 Å². The van der Waals surface area contributed by atoms with Gasteiger partial charge in [-0.1, -0.05) is 43.2 Å². The summed E-state index contributed by atoms with van der Waals surface area (Å²) in [6.45, 7) is 4.86. The summed E-state index contributed by atoms with van der Waals surface area (Å²) in [6.07, 6.45) is 14.1. The van der Waals surface area contributed by atoms with Crippen LogP contribution in [0.5, 0.6) is 0 Å². The highest BCUT2D eigenvalue weighted by Crippen LogP contribution is 2.28. The summed E-state index contributed by atoms with van der Waals surface area (Å²) in [5.74, 6) is 0.741. The van der Waals surface area contributed by atoms with Crippen LogP contribution in [0, 0.1) is 5.92 Å². The first-order chi connectivity index (χ1) is 14.3. The summed E-state index contributed by atoms with van der Waals surface area (Å²) < 4.78 is 5.84. The van der Waals surface area contributed by atoms with Crippen LogP contribution >= 0.6 is 0 Å². The molecule has 1 aromatic carbocycles. The Kier molecular flexibility index (Phi) is 7.39. The third kappa shape index (κ3) is 5.93. The molecule has 2 aliphatic heterocycles. The molecule has 3 fully saturated rings. The van der Waals surface area contributed by atoms with Gasteiger partial charge in [-0.25, -0.2) is 0 Å². The fraction of sp³-hybridized carbons (Fsp3) is 0.640. The molecule has 0 N–H and O–H groups in total. The van der Waals surface area contributed by atoms with Crippen LogP contribution in [0.3, 0.4) is 0 Å². The Labute approximate surface area is 175 Å². The van der Waals surface area contributed by atoms with Crippen molar-refractivity contribution in [2.45, 2.75) is 63.5 Å². The highest BCUT2D eigenvalue weighted by Gasteiger charge is 2.29. The van der Waals surface area contributed by atoms with Crippen molar-refractivity contribution in [1.82, 2.24) is 9.80 Å². The van der Waals surface area contributed by atoms with E-state index in [0.29, 0.717) is 5.92 Å². The molecule has 1 aromatic rings. The minimum atomic E-state index is 0.127. The minimum absolute atomic E-state index is 0.127. The van der Waals surface area contributed by atoms with Crippen LogP contribution in [0.1, 0.15) is 56.9 Å². The summed E-state index contributed by atoms with van der Waals surface area (Å²) in [7, 11) is 0. The lowest BCUT2D eigenvalue weighted by Gasteiger charge is -2.38. The van der Waals surface area contributed by atoms with Crippen molar-refractivity contribution in [1.29, 1.82) is 0 Å².